The van der Waals surface area contributed by atoms with E-state index in [9.17, 15) is 14.0 Å². The molecule has 2 amide bonds. The first-order chi connectivity index (χ1) is 16.5. The average molecular weight is 482 g/mol. The second-order valence-corrected chi connectivity index (χ2v) is 9.51. The molecule has 1 atom stereocenters. The molecule has 0 bridgehead atoms. The zero-order valence-corrected chi connectivity index (χ0v) is 19.9. The Kier molecular flexibility index (Phi) is 7.57. The number of ether oxygens (including phenoxy) is 1. The quantitative estimate of drug-likeness (QED) is 0.453. The lowest BCUT2D eigenvalue weighted by atomic mass is 9.85. The standard InChI is InChI=1S/C26H28FN3O3S/c1-33-22-15-18(7-8-20(22)27)16-26(13-10-24(32)30-26)12-9-23(31)28-14-11-25-29-21(17-34-25)19-5-3-2-4-6-19/h2-8,15,17H,9-14,16H2,1H3,(H,28,31)(H,30,32)/t26-/m0/s1. The summed E-state index contributed by atoms with van der Waals surface area (Å²) in [6.45, 7) is 0.509. The second kappa shape index (κ2) is 10.8. The summed E-state index contributed by atoms with van der Waals surface area (Å²) in [4.78, 5) is 29.2. The van der Waals surface area contributed by atoms with Crippen LogP contribution < -0.4 is 15.4 Å². The van der Waals surface area contributed by atoms with Gasteiger partial charge >= 0.3 is 0 Å². The van der Waals surface area contributed by atoms with Gasteiger partial charge in [0.1, 0.15) is 0 Å². The highest BCUT2D eigenvalue weighted by atomic mass is 32.1. The van der Waals surface area contributed by atoms with Gasteiger partial charge in [-0.1, -0.05) is 36.4 Å². The molecular formula is C26H28FN3O3S. The van der Waals surface area contributed by atoms with Crippen molar-refractivity contribution in [3.05, 3.63) is 70.3 Å². The number of nitrogens with zero attached hydrogens (tertiary/aromatic N) is 1. The van der Waals surface area contributed by atoms with Crippen molar-refractivity contribution in [3.63, 3.8) is 0 Å². The lowest BCUT2D eigenvalue weighted by Gasteiger charge is -2.29. The maximum atomic E-state index is 13.8. The number of carbonyl (C=O) groups is 2. The number of hydrogen-bond donors (Lipinski definition) is 2. The predicted molar refractivity (Wildman–Crippen MR) is 130 cm³/mol. The summed E-state index contributed by atoms with van der Waals surface area (Å²) in [5.74, 6) is -0.330. The summed E-state index contributed by atoms with van der Waals surface area (Å²) < 4.78 is 18.9. The summed E-state index contributed by atoms with van der Waals surface area (Å²) in [7, 11) is 1.42. The van der Waals surface area contributed by atoms with Gasteiger partial charge in [-0.15, -0.1) is 11.3 Å². The van der Waals surface area contributed by atoms with Crippen molar-refractivity contribution >= 4 is 23.2 Å². The fourth-order valence-corrected chi connectivity index (χ4v) is 5.11. The third-order valence-electron chi connectivity index (χ3n) is 6.11. The van der Waals surface area contributed by atoms with Crippen molar-refractivity contribution < 1.29 is 18.7 Å². The van der Waals surface area contributed by atoms with Crippen molar-refractivity contribution in [3.8, 4) is 17.0 Å². The molecule has 0 unspecified atom stereocenters. The molecule has 1 aliphatic heterocycles. The van der Waals surface area contributed by atoms with Crippen LogP contribution in [0.5, 0.6) is 5.75 Å². The molecule has 1 aliphatic rings. The Morgan fingerprint density at radius 3 is 2.82 bits per heavy atom. The van der Waals surface area contributed by atoms with Gasteiger partial charge in [0.25, 0.3) is 0 Å². The molecule has 0 saturated carbocycles. The normalized spacial score (nSPS) is 17.4. The van der Waals surface area contributed by atoms with Crippen LogP contribution in [-0.2, 0) is 22.4 Å². The Bertz CT molecular complexity index is 1150. The number of halogens is 1. The van der Waals surface area contributed by atoms with Gasteiger partial charge in [-0.3, -0.25) is 9.59 Å². The molecule has 1 saturated heterocycles. The average Bonchev–Trinajstić information content (AvgIpc) is 3.47. The van der Waals surface area contributed by atoms with Gasteiger partial charge in [-0.25, -0.2) is 9.37 Å². The number of aromatic nitrogens is 1. The van der Waals surface area contributed by atoms with Crippen LogP contribution in [0.25, 0.3) is 11.3 Å². The van der Waals surface area contributed by atoms with Gasteiger partial charge in [0, 0.05) is 42.3 Å². The zero-order valence-electron chi connectivity index (χ0n) is 19.1. The molecule has 3 aromatic rings. The third kappa shape index (κ3) is 5.99. The van der Waals surface area contributed by atoms with Crippen LogP contribution in [-0.4, -0.2) is 36.0 Å². The molecule has 0 aliphatic carbocycles. The second-order valence-electron chi connectivity index (χ2n) is 8.57. The molecule has 0 radical (unpaired) electrons. The molecule has 34 heavy (non-hydrogen) atoms. The summed E-state index contributed by atoms with van der Waals surface area (Å²) in [6.07, 6.45) is 3.06. The van der Waals surface area contributed by atoms with E-state index in [1.165, 1.54) is 13.2 Å². The number of nitrogens with one attached hydrogen (secondary N) is 2. The molecule has 6 nitrogen and oxygen atoms in total. The van der Waals surface area contributed by atoms with Crippen LogP contribution in [0.1, 0.15) is 36.3 Å². The Morgan fingerprint density at radius 1 is 1.26 bits per heavy atom. The lowest BCUT2D eigenvalue weighted by Crippen LogP contribution is -2.44. The maximum absolute atomic E-state index is 13.8. The monoisotopic (exact) mass is 481 g/mol. The van der Waals surface area contributed by atoms with E-state index < -0.39 is 11.4 Å². The van der Waals surface area contributed by atoms with Crippen molar-refractivity contribution in [1.29, 1.82) is 0 Å². The van der Waals surface area contributed by atoms with E-state index in [1.807, 2.05) is 35.7 Å². The summed E-state index contributed by atoms with van der Waals surface area (Å²) in [6, 6.07) is 14.7. The van der Waals surface area contributed by atoms with E-state index >= 15 is 0 Å². The summed E-state index contributed by atoms with van der Waals surface area (Å²) in [5, 5.41) is 9.04. The highest BCUT2D eigenvalue weighted by Gasteiger charge is 2.38. The first-order valence-electron chi connectivity index (χ1n) is 11.4. The Morgan fingerprint density at radius 2 is 2.09 bits per heavy atom. The number of hydrogen-bond acceptors (Lipinski definition) is 5. The van der Waals surface area contributed by atoms with Crippen molar-refractivity contribution in [1.82, 2.24) is 15.6 Å². The molecule has 8 heteroatoms. The minimum absolute atomic E-state index is 0.0209. The number of carbonyl (C=O) groups excluding carboxylic acids is 2. The van der Waals surface area contributed by atoms with Gasteiger partial charge in [-0.05, 0) is 37.0 Å². The number of amides is 2. The molecule has 1 fully saturated rings. The molecule has 2 N–H and O–H groups in total. The fraction of sp³-hybridized carbons (Fsp3) is 0.346. The molecule has 2 heterocycles. The van der Waals surface area contributed by atoms with Crippen LogP contribution in [0, 0.1) is 5.82 Å². The van der Waals surface area contributed by atoms with E-state index in [1.54, 1.807) is 23.5 Å². The van der Waals surface area contributed by atoms with Gasteiger partial charge in [0.05, 0.1) is 17.8 Å². The molecule has 0 spiro atoms. The SMILES string of the molecule is COc1cc(C[C@]2(CCC(=O)NCCc3nc(-c4ccccc4)cs3)CCC(=O)N2)ccc1F. The van der Waals surface area contributed by atoms with Crippen LogP contribution in [0.4, 0.5) is 4.39 Å². The van der Waals surface area contributed by atoms with Crippen LogP contribution in [0.2, 0.25) is 0 Å². The van der Waals surface area contributed by atoms with Gasteiger partial charge in [0.2, 0.25) is 11.8 Å². The van der Waals surface area contributed by atoms with Crippen LogP contribution in [0.3, 0.4) is 0 Å². The Labute approximate surface area is 202 Å². The molecule has 4 rings (SSSR count). The maximum Gasteiger partial charge on any atom is 0.220 e. The van der Waals surface area contributed by atoms with E-state index in [2.05, 4.69) is 15.6 Å². The van der Waals surface area contributed by atoms with E-state index in [-0.39, 0.29) is 17.6 Å². The number of rotatable bonds is 10. The van der Waals surface area contributed by atoms with Gasteiger partial charge in [0.15, 0.2) is 11.6 Å². The minimum Gasteiger partial charge on any atom is -0.494 e. The Balaban J connectivity index is 1.29. The molecule has 178 valence electrons. The minimum atomic E-state index is -0.517. The van der Waals surface area contributed by atoms with E-state index in [4.69, 9.17) is 4.74 Å². The van der Waals surface area contributed by atoms with Crippen LogP contribution in [0.15, 0.2) is 53.9 Å². The fourth-order valence-electron chi connectivity index (χ4n) is 4.30. The Hall–Kier alpha value is -3.26. The third-order valence-corrected chi connectivity index (χ3v) is 7.01. The van der Waals surface area contributed by atoms with Gasteiger partial charge in [-0.2, -0.15) is 0 Å². The highest BCUT2D eigenvalue weighted by Crippen LogP contribution is 2.31. The summed E-state index contributed by atoms with van der Waals surface area (Å²) in [5.41, 5.74) is 2.37. The molecule has 2 aromatic carbocycles. The zero-order chi connectivity index (χ0) is 24.0. The molecular weight excluding hydrogens is 453 g/mol. The van der Waals surface area contributed by atoms with Crippen LogP contribution >= 0.6 is 11.3 Å². The lowest BCUT2D eigenvalue weighted by molar-refractivity contribution is -0.122. The van der Waals surface area contributed by atoms with E-state index in [0.29, 0.717) is 45.1 Å². The first-order valence-corrected chi connectivity index (χ1v) is 12.2. The van der Waals surface area contributed by atoms with Crippen molar-refractivity contribution in [2.45, 2.75) is 44.1 Å². The largest absolute Gasteiger partial charge is 0.494 e. The summed E-state index contributed by atoms with van der Waals surface area (Å²) >= 11 is 1.59. The highest BCUT2D eigenvalue weighted by molar-refractivity contribution is 7.09. The number of benzene rings is 2. The number of thiazole rings is 1. The molecule has 1 aromatic heterocycles. The number of methoxy groups -OCH3 is 1. The van der Waals surface area contributed by atoms with E-state index in [0.717, 1.165) is 21.8 Å². The van der Waals surface area contributed by atoms with Crippen molar-refractivity contribution in [2.24, 2.45) is 0 Å². The van der Waals surface area contributed by atoms with Crippen molar-refractivity contribution in [2.75, 3.05) is 13.7 Å². The first kappa shape index (κ1) is 23.9. The topological polar surface area (TPSA) is 80.3 Å². The smallest absolute Gasteiger partial charge is 0.220 e. The predicted octanol–water partition coefficient (Wildman–Crippen LogP) is 4.29. The van der Waals surface area contributed by atoms with Gasteiger partial charge < -0.3 is 15.4 Å².